The number of nitrogens with two attached hydrogens (primary N) is 1. The molecule has 4 heteroatoms. The zero-order valence-electron chi connectivity index (χ0n) is 10.9. The van der Waals surface area contributed by atoms with Gasteiger partial charge in [0.15, 0.2) is 0 Å². The lowest BCUT2D eigenvalue weighted by atomic mass is 9.81. The van der Waals surface area contributed by atoms with Crippen molar-refractivity contribution in [3.05, 3.63) is 0 Å². The quantitative estimate of drug-likeness (QED) is 0.303. The van der Waals surface area contributed by atoms with Crippen molar-refractivity contribution in [1.29, 1.82) is 0 Å². The molecule has 0 aromatic rings. The predicted molar refractivity (Wildman–Crippen MR) is 71.5 cm³/mol. The lowest BCUT2D eigenvalue weighted by Crippen LogP contribution is -2.43. The number of hydrazine groups is 1. The minimum atomic E-state index is 0.612. The summed E-state index contributed by atoms with van der Waals surface area (Å²) in [5, 5.41) is 3.31. The molecule has 0 atom stereocenters. The van der Waals surface area contributed by atoms with Gasteiger partial charge in [0.05, 0.1) is 0 Å². The van der Waals surface area contributed by atoms with Crippen LogP contribution in [0.25, 0.3) is 0 Å². The van der Waals surface area contributed by atoms with Crippen LogP contribution in [0.4, 0.5) is 0 Å². The van der Waals surface area contributed by atoms with Gasteiger partial charge in [-0.25, -0.2) is 5.84 Å². The molecule has 0 unspecified atom stereocenters. The van der Waals surface area contributed by atoms with E-state index >= 15 is 0 Å². The summed E-state index contributed by atoms with van der Waals surface area (Å²) < 4.78 is 0. The Hall–Kier alpha value is -0.770. The van der Waals surface area contributed by atoms with Gasteiger partial charge >= 0.3 is 0 Å². The van der Waals surface area contributed by atoms with E-state index in [0.29, 0.717) is 6.04 Å². The smallest absolute Gasteiger partial charge is 0.205 e. The van der Waals surface area contributed by atoms with Crippen molar-refractivity contribution in [2.75, 3.05) is 6.54 Å². The molecule has 0 aromatic heterocycles. The fourth-order valence-corrected chi connectivity index (χ4v) is 2.60. The maximum atomic E-state index is 5.46. The molecule has 0 saturated heterocycles. The van der Waals surface area contributed by atoms with Crippen molar-refractivity contribution in [2.45, 2.75) is 57.9 Å². The molecule has 2 aliphatic carbocycles. The minimum absolute atomic E-state index is 0.612. The number of aliphatic imine (C=N–C) groups is 1. The first kappa shape index (κ1) is 12.7. The zero-order valence-corrected chi connectivity index (χ0v) is 10.9. The van der Waals surface area contributed by atoms with Crippen LogP contribution in [0.2, 0.25) is 0 Å². The van der Waals surface area contributed by atoms with E-state index in [1.54, 1.807) is 0 Å². The second-order valence-corrected chi connectivity index (χ2v) is 5.55. The molecule has 0 bridgehead atoms. The van der Waals surface area contributed by atoms with Gasteiger partial charge in [0.2, 0.25) is 5.96 Å². The van der Waals surface area contributed by atoms with Crippen LogP contribution in [0.5, 0.6) is 0 Å². The summed E-state index contributed by atoms with van der Waals surface area (Å²) in [6.45, 7) is 3.23. The third-order valence-electron chi connectivity index (χ3n) is 4.11. The third-order valence-corrected chi connectivity index (χ3v) is 4.11. The van der Waals surface area contributed by atoms with Crippen LogP contribution in [-0.2, 0) is 0 Å². The summed E-state index contributed by atoms with van der Waals surface area (Å²) in [4.78, 5) is 4.57. The first-order valence-electron chi connectivity index (χ1n) is 7.09. The van der Waals surface area contributed by atoms with Crippen LogP contribution in [0.1, 0.15) is 51.9 Å². The van der Waals surface area contributed by atoms with E-state index in [4.69, 9.17) is 5.84 Å². The summed E-state index contributed by atoms with van der Waals surface area (Å²) in [6.07, 6.45) is 9.29. The molecule has 2 saturated carbocycles. The summed E-state index contributed by atoms with van der Waals surface area (Å²) in [6, 6.07) is 0.612. The molecular weight excluding hydrogens is 212 g/mol. The summed E-state index contributed by atoms with van der Waals surface area (Å²) in [5.41, 5.74) is 2.67. The molecule has 0 aliphatic heterocycles. The normalized spacial score (nSPS) is 30.1. The molecule has 0 amide bonds. The third kappa shape index (κ3) is 4.19. The fourth-order valence-electron chi connectivity index (χ4n) is 2.60. The molecule has 4 N–H and O–H groups in total. The van der Waals surface area contributed by atoms with Gasteiger partial charge in [-0.1, -0.05) is 26.2 Å². The maximum absolute atomic E-state index is 5.46. The fraction of sp³-hybridized carbons (Fsp3) is 0.923. The van der Waals surface area contributed by atoms with Crippen LogP contribution in [-0.4, -0.2) is 18.5 Å². The Bertz CT molecular complexity index is 252. The van der Waals surface area contributed by atoms with E-state index in [0.717, 1.165) is 24.3 Å². The summed E-state index contributed by atoms with van der Waals surface area (Å²) in [5.74, 6) is 7.98. The van der Waals surface area contributed by atoms with E-state index in [-0.39, 0.29) is 0 Å². The Morgan fingerprint density at radius 3 is 2.29 bits per heavy atom. The topological polar surface area (TPSA) is 62.4 Å². The maximum Gasteiger partial charge on any atom is 0.205 e. The van der Waals surface area contributed by atoms with Gasteiger partial charge in [-0.3, -0.25) is 10.4 Å². The highest BCUT2D eigenvalue weighted by Gasteiger charge is 2.23. The lowest BCUT2D eigenvalue weighted by molar-refractivity contribution is 0.274. The highest BCUT2D eigenvalue weighted by molar-refractivity contribution is 5.79. The molecule has 2 rings (SSSR count). The van der Waals surface area contributed by atoms with Gasteiger partial charge in [0.1, 0.15) is 0 Å². The van der Waals surface area contributed by atoms with Gasteiger partial charge < -0.3 is 5.32 Å². The highest BCUT2D eigenvalue weighted by Crippen LogP contribution is 2.30. The van der Waals surface area contributed by atoms with Crippen LogP contribution < -0.4 is 16.6 Å². The number of nitrogens with zero attached hydrogens (tertiary/aromatic N) is 1. The van der Waals surface area contributed by atoms with Crippen molar-refractivity contribution in [1.82, 2.24) is 10.7 Å². The van der Waals surface area contributed by atoms with Crippen molar-refractivity contribution >= 4 is 5.96 Å². The minimum Gasteiger partial charge on any atom is -0.353 e. The number of hydrogen-bond acceptors (Lipinski definition) is 2. The van der Waals surface area contributed by atoms with Crippen LogP contribution in [0.3, 0.4) is 0 Å². The molecule has 17 heavy (non-hydrogen) atoms. The second-order valence-electron chi connectivity index (χ2n) is 5.55. The van der Waals surface area contributed by atoms with Crippen molar-refractivity contribution in [3.8, 4) is 0 Å². The number of hydrogen-bond donors (Lipinski definition) is 3. The number of rotatable bonds is 4. The second kappa shape index (κ2) is 6.24. The Morgan fingerprint density at radius 2 is 1.76 bits per heavy atom. The molecule has 2 fully saturated rings. The monoisotopic (exact) mass is 238 g/mol. The van der Waals surface area contributed by atoms with Crippen molar-refractivity contribution in [2.24, 2.45) is 22.7 Å². The Kier molecular flexibility index (Phi) is 4.66. The van der Waals surface area contributed by atoms with Crippen LogP contribution in [0, 0.1) is 11.8 Å². The van der Waals surface area contributed by atoms with E-state index in [9.17, 15) is 0 Å². The van der Waals surface area contributed by atoms with E-state index < -0.39 is 0 Å². The highest BCUT2D eigenvalue weighted by atomic mass is 15.3. The molecule has 0 spiro atoms. The number of guanidine groups is 1. The average molecular weight is 238 g/mol. The Morgan fingerprint density at radius 1 is 1.12 bits per heavy atom. The van der Waals surface area contributed by atoms with E-state index in [2.05, 4.69) is 22.7 Å². The molecular formula is C13H26N4. The van der Waals surface area contributed by atoms with E-state index in [1.165, 1.54) is 44.9 Å². The van der Waals surface area contributed by atoms with Crippen LogP contribution in [0.15, 0.2) is 4.99 Å². The zero-order chi connectivity index (χ0) is 12.1. The van der Waals surface area contributed by atoms with Gasteiger partial charge in [-0.05, 0) is 37.5 Å². The van der Waals surface area contributed by atoms with Gasteiger partial charge in [-0.2, -0.15) is 0 Å². The Labute approximate surface area is 104 Å². The standard InChI is InChI=1S/C13H26N4/c1-2-10-3-5-11(6-4-10)9-15-13(17-14)16-12-7-8-12/h10-12H,2-9,14H2,1H3,(H2,15,16,17). The summed E-state index contributed by atoms with van der Waals surface area (Å²) >= 11 is 0. The molecule has 4 nitrogen and oxygen atoms in total. The van der Waals surface area contributed by atoms with Crippen molar-refractivity contribution < 1.29 is 0 Å². The summed E-state index contributed by atoms with van der Waals surface area (Å²) in [7, 11) is 0. The first-order chi connectivity index (χ1) is 8.31. The average Bonchev–Trinajstić information content (AvgIpc) is 3.19. The van der Waals surface area contributed by atoms with Gasteiger partial charge in [-0.15, -0.1) is 0 Å². The van der Waals surface area contributed by atoms with Crippen molar-refractivity contribution in [3.63, 3.8) is 0 Å². The van der Waals surface area contributed by atoms with E-state index in [1.807, 2.05) is 0 Å². The molecule has 98 valence electrons. The predicted octanol–water partition coefficient (Wildman–Crippen LogP) is 1.77. The number of nitrogens with one attached hydrogen (secondary N) is 2. The molecule has 0 heterocycles. The molecule has 0 radical (unpaired) electrons. The van der Waals surface area contributed by atoms with Crippen LogP contribution >= 0.6 is 0 Å². The van der Waals surface area contributed by atoms with Gasteiger partial charge in [0, 0.05) is 12.6 Å². The largest absolute Gasteiger partial charge is 0.353 e. The van der Waals surface area contributed by atoms with Gasteiger partial charge in [0.25, 0.3) is 0 Å². The SMILES string of the molecule is CCC1CCC(CN=C(NN)NC2CC2)CC1. The molecule has 2 aliphatic rings. The Balaban J connectivity index is 1.70. The first-order valence-corrected chi connectivity index (χ1v) is 7.09. The lowest BCUT2D eigenvalue weighted by Gasteiger charge is -2.26. The molecule has 0 aromatic carbocycles.